The van der Waals surface area contributed by atoms with E-state index in [-0.39, 0.29) is 18.0 Å². The molecule has 0 spiro atoms. The highest BCUT2D eigenvalue weighted by Crippen LogP contribution is 2.25. The summed E-state index contributed by atoms with van der Waals surface area (Å²) in [4.78, 5) is 23.6. The number of benzene rings is 1. The van der Waals surface area contributed by atoms with Gasteiger partial charge in [0.05, 0.1) is 10.7 Å². The number of halogens is 2. The predicted octanol–water partition coefficient (Wildman–Crippen LogP) is 3.10. The van der Waals surface area contributed by atoms with E-state index in [1.165, 1.54) is 10.6 Å². The first-order chi connectivity index (χ1) is 9.45. The van der Waals surface area contributed by atoms with Gasteiger partial charge in [0, 0.05) is 17.3 Å². The van der Waals surface area contributed by atoms with E-state index in [1.807, 2.05) is 6.92 Å². The molecule has 0 aliphatic rings. The molecular weight excluding hydrogens is 299 g/mol. The molecule has 1 N–H and O–H groups in total. The third-order valence-corrected chi connectivity index (χ3v) is 3.21. The lowest BCUT2D eigenvalue weighted by molar-refractivity contribution is -0.116. The maximum absolute atomic E-state index is 11.9. The van der Waals surface area contributed by atoms with E-state index >= 15 is 0 Å². The third kappa shape index (κ3) is 3.62. The van der Waals surface area contributed by atoms with Gasteiger partial charge in [0.25, 0.3) is 5.56 Å². The van der Waals surface area contributed by atoms with Crippen molar-refractivity contribution in [2.45, 2.75) is 13.5 Å². The van der Waals surface area contributed by atoms with Crippen molar-refractivity contribution in [1.29, 1.82) is 0 Å². The molecular formula is C14H12Cl2N2O2. The molecule has 0 saturated carbocycles. The number of anilines is 1. The van der Waals surface area contributed by atoms with Crippen molar-refractivity contribution in [2.75, 3.05) is 5.32 Å². The topological polar surface area (TPSA) is 51.1 Å². The summed E-state index contributed by atoms with van der Waals surface area (Å²) in [6.45, 7) is 1.77. The standard InChI is InChI=1S/C14H12Cl2N2O2/c1-9-2-5-14(20)18(7-9)8-13(19)17-12-6-10(15)3-4-11(12)16/h2-7H,8H2,1H3,(H,17,19). The fourth-order valence-corrected chi connectivity index (χ4v) is 2.05. The van der Waals surface area contributed by atoms with Gasteiger partial charge in [0.15, 0.2) is 0 Å². The molecule has 1 amide bonds. The van der Waals surface area contributed by atoms with Gasteiger partial charge in [-0.1, -0.05) is 29.3 Å². The lowest BCUT2D eigenvalue weighted by Crippen LogP contribution is -2.27. The van der Waals surface area contributed by atoms with Crippen LogP contribution in [0.1, 0.15) is 5.56 Å². The molecule has 2 aromatic rings. The minimum Gasteiger partial charge on any atom is -0.323 e. The predicted molar refractivity (Wildman–Crippen MR) is 80.5 cm³/mol. The average Bonchev–Trinajstić information content (AvgIpc) is 2.38. The maximum Gasteiger partial charge on any atom is 0.251 e. The molecule has 1 aromatic carbocycles. The summed E-state index contributed by atoms with van der Waals surface area (Å²) in [5, 5.41) is 3.49. The fourth-order valence-electron chi connectivity index (χ4n) is 1.71. The van der Waals surface area contributed by atoms with Gasteiger partial charge >= 0.3 is 0 Å². The van der Waals surface area contributed by atoms with Crippen LogP contribution < -0.4 is 10.9 Å². The number of carbonyl (C=O) groups excluding carboxylic acids is 1. The molecule has 0 unspecified atom stereocenters. The van der Waals surface area contributed by atoms with Gasteiger partial charge in [-0.15, -0.1) is 0 Å². The molecule has 2 rings (SSSR count). The van der Waals surface area contributed by atoms with Crippen molar-refractivity contribution in [3.8, 4) is 0 Å². The van der Waals surface area contributed by atoms with Crippen molar-refractivity contribution in [3.63, 3.8) is 0 Å². The summed E-state index contributed by atoms with van der Waals surface area (Å²) in [6, 6.07) is 7.91. The monoisotopic (exact) mass is 310 g/mol. The molecule has 0 bridgehead atoms. The van der Waals surface area contributed by atoms with Crippen LogP contribution in [0.15, 0.2) is 41.3 Å². The molecule has 1 heterocycles. The van der Waals surface area contributed by atoms with Crippen LogP contribution in [0.4, 0.5) is 5.69 Å². The first kappa shape index (κ1) is 14.6. The van der Waals surface area contributed by atoms with Gasteiger partial charge < -0.3 is 9.88 Å². The van der Waals surface area contributed by atoms with E-state index in [4.69, 9.17) is 23.2 Å². The summed E-state index contributed by atoms with van der Waals surface area (Å²) < 4.78 is 1.34. The molecule has 0 atom stereocenters. The normalized spacial score (nSPS) is 10.3. The van der Waals surface area contributed by atoms with Crippen LogP contribution in [0, 0.1) is 6.92 Å². The van der Waals surface area contributed by atoms with Crippen LogP contribution in [0.5, 0.6) is 0 Å². The van der Waals surface area contributed by atoms with Crippen LogP contribution in [-0.2, 0) is 11.3 Å². The highest BCUT2D eigenvalue weighted by Gasteiger charge is 2.08. The van der Waals surface area contributed by atoms with Gasteiger partial charge in [-0.05, 0) is 30.7 Å². The Morgan fingerprint density at radius 2 is 2.00 bits per heavy atom. The quantitative estimate of drug-likeness (QED) is 0.947. The molecule has 20 heavy (non-hydrogen) atoms. The van der Waals surface area contributed by atoms with E-state index in [9.17, 15) is 9.59 Å². The van der Waals surface area contributed by atoms with Crippen LogP contribution in [-0.4, -0.2) is 10.5 Å². The molecule has 0 aliphatic carbocycles. The molecule has 1 aromatic heterocycles. The first-order valence-corrected chi connectivity index (χ1v) is 6.63. The smallest absolute Gasteiger partial charge is 0.251 e. The highest BCUT2D eigenvalue weighted by molar-refractivity contribution is 6.35. The number of pyridine rings is 1. The lowest BCUT2D eigenvalue weighted by Gasteiger charge is -2.09. The second-order valence-electron chi connectivity index (χ2n) is 4.34. The molecule has 0 radical (unpaired) electrons. The van der Waals surface area contributed by atoms with E-state index in [1.54, 1.807) is 30.5 Å². The van der Waals surface area contributed by atoms with Gasteiger partial charge in [-0.2, -0.15) is 0 Å². The van der Waals surface area contributed by atoms with E-state index in [0.717, 1.165) is 5.56 Å². The van der Waals surface area contributed by atoms with Crippen molar-refractivity contribution in [2.24, 2.45) is 0 Å². The number of hydrogen-bond donors (Lipinski definition) is 1. The summed E-state index contributed by atoms with van der Waals surface area (Å²) in [5.74, 6) is -0.345. The highest BCUT2D eigenvalue weighted by atomic mass is 35.5. The Balaban J connectivity index is 2.15. The largest absolute Gasteiger partial charge is 0.323 e. The zero-order chi connectivity index (χ0) is 14.7. The Bertz CT molecular complexity index is 711. The minimum atomic E-state index is -0.345. The Labute approximate surface area is 125 Å². The number of amides is 1. The number of carbonyl (C=O) groups is 1. The molecule has 104 valence electrons. The molecule has 0 aliphatic heterocycles. The van der Waals surface area contributed by atoms with Gasteiger partial charge in [0.1, 0.15) is 6.54 Å². The second kappa shape index (κ2) is 6.11. The SMILES string of the molecule is Cc1ccc(=O)n(CC(=O)Nc2cc(Cl)ccc2Cl)c1. The molecule has 4 nitrogen and oxygen atoms in total. The number of nitrogens with one attached hydrogen (secondary N) is 1. The van der Waals surface area contributed by atoms with Crippen LogP contribution >= 0.6 is 23.2 Å². The lowest BCUT2D eigenvalue weighted by atomic mass is 10.3. The first-order valence-electron chi connectivity index (χ1n) is 5.88. The van der Waals surface area contributed by atoms with Gasteiger partial charge in [-0.25, -0.2) is 0 Å². The van der Waals surface area contributed by atoms with Crippen LogP contribution in [0.25, 0.3) is 0 Å². The number of hydrogen-bond acceptors (Lipinski definition) is 2. The Kier molecular flexibility index (Phi) is 4.47. The van der Waals surface area contributed by atoms with E-state index in [2.05, 4.69) is 5.32 Å². The second-order valence-corrected chi connectivity index (χ2v) is 5.19. The molecule has 0 saturated heterocycles. The van der Waals surface area contributed by atoms with Crippen molar-refractivity contribution < 1.29 is 4.79 Å². The fraction of sp³-hybridized carbons (Fsp3) is 0.143. The maximum atomic E-state index is 11.9. The zero-order valence-corrected chi connectivity index (χ0v) is 12.2. The molecule has 6 heteroatoms. The van der Waals surface area contributed by atoms with Crippen molar-refractivity contribution in [1.82, 2.24) is 4.57 Å². The summed E-state index contributed by atoms with van der Waals surface area (Å²) in [7, 11) is 0. The number of rotatable bonds is 3. The summed E-state index contributed by atoms with van der Waals surface area (Å²) in [5.41, 5.74) is 1.09. The van der Waals surface area contributed by atoms with Crippen molar-refractivity contribution >= 4 is 34.8 Å². The van der Waals surface area contributed by atoms with Crippen LogP contribution in [0.2, 0.25) is 10.0 Å². The van der Waals surface area contributed by atoms with Gasteiger partial charge in [-0.3, -0.25) is 9.59 Å². The van der Waals surface area contributed by atoms with E-state index in [0.29, 0.717) is 15.7 Å². The summed E-state index contributed by atoms with van der Waals surface area (Å²) >= 11 is 11.8. The summed E-state index contributed by atoms with van der Waals surface area (Å²) in [6.07, 6.45) is 1.63. The van der Waals surface area contributed by atoms with Gasteiger partial charge in [0.2, 0.25) is 5.91 Å². The van der Waals surface area contributed by atoms with Crippen LogP contribution in [0.3, 0.4) is 0 Å². The number of nitrogens with zero attached hydrogens (tertiary/aromatic N) is 1. The number of aromatic nitrogens is 1. The average molecular weight is 311 g/mol. The van der Waals surface area contributed by atoms with E-state index < -0.39 is 0 Å². The number of aryl methyl sites for hydroxylation is 1. The Hall–Kier alpha value is -1.78. The molecule has 0 fully saturated rings. The third-order valence-electron chi connectivity index (χ3n) is 2.65. The Morgan fingerprint density at radius 3 is 2.75 bits per heavy atom. The zero-order valence-electron chi connectivity index (χ0n) is 10.7. The Morgan fingerprint density at radius 1 is 1.25 bits per heavy atom. The van der Waals surface area contributed by atoms with Crippen molar-refractivity contribution in [3.05, 3.63) is 62.5 Å². The minimum absolute atomic E-state index is 0.0800.